The second-order valence-corrected chi connectivity index (χ2v) is 6.19. The average Bonchev–Trinajstić information content (AvgIpc) is 2.53. The Labute approximate surface area is 134 Å². The van der Waals surface area contributed by atoms with Crippen molar-refractivity contribution in [3.8, 4) is 0 Å². The van der Waals surface area contributed by atoms with Gasteiger partial charge in [-0.25, -0.2) is 4.99 Å². The molecular weight excluding hydrogens is 276 g/mol. The van der Waals surface area contributed by atoms with Gasteiger partial charge in [-0.15, -0.1) is 0 Å². The van der Waals surface area contributed by atoms with E-state index in [1.165, 1.54) is 57.3 Å². The quantitative estimate of drug-likeness (QED) is 0.406. The summed E-state index contributed by atoms with van der Waals surface area (Å²) in [6, 6.07) is 10.9. The molecule has 2 nitrogen and oxygen atoms in total. The molecule has 0 atom stereocenters. The Morgan fingerprint density at radius 1 is 1.10 bits per heavy atom. The van der Waals surface area contributed by atoms with Crippen LogP contribution in [-0.4, -0.2) is 36.2 Å². The summed E-state index contributed by atoms with van der Waals surface area (Å²) in [4.78, 5) is 6.59. The number of isothiocyanates is 1. The summed E-state index contributed by atoms with van der Waals surface area (Å²) in [7, 11) is 0. The first-order chi connectivity index (χ1) is 10.4. The molecule has 0 aromatic heterocycles. The Kier molecular flexibility index (Phi) is 7.66. The Hall–Kier alpha value is -1.02. The van der Waals surface area contributed by atoms with E-state index in [2.05, 4.69) is 57.6 Å². The molecule has 21 heavy (non-hydrogen) atoms. The van der Waals surface area contributed by atoms with Crippen molar-refractivity contribution in [2.24, 2.45) is 10.9 Å². The van der Waals surface area contributed by atoms with Crippen molar-refractivity contribution in [3.05, 3.63) is 35.9 Å². The number of unbranched alkanes of at least 4 members (excludes halogenated alkanes) is 2. The van der Waals surface area contributed by atoms with Gasteiger partial charge in [0.2, 0.25) is 0 Å². The average molecular weight is 302 g/mol. The van der Waals surface area contributed by atoms with E-state index in [0.717, 1.165) is 18.9 Å². The van der Waals surface area contributed by atoms with Crippen LogP contribution in [-0.2, 0) is 6.42 Å². The number of hydrogen-bond donors (Lipinski definition) is 0. The zero-order valence-electron chi connectivity index (χ0n) is 12.8. The molecule has 0 unspecified atom stereocenters. The topological polar surface area (TPSA) is 15.6 Å². The van der Waals surface area contributed by atoms with Crippen molar-refractivity contribution >= 4 is 17.4 Å². The fraction of sp³-hybridized carbons (Fsp3) is 0.611. The molecule has 0 spiro atoms. The Morgan fingerprint density at radius 2 is 1.86 bits per heavy atom. The fourth-order valence-electron chi connectivity index (χ4n) is 3.11. The molecule has 0 saturated carbocycles. The van der Waals surface area contributed by atoms with Crippen LogP contribution in [0, 0.1) is 5.92 Å². The molecule has 1 aliphatic heterocycles. The van der Waals surface area contributed by atoms with Crippen LogP contribution >= 0.6 is 12.2 Å². The molecule has 2 rings (SSSR count). The number of aliphatic imine (C=N–C) groups is 1. The first-order valence-corrected chi connectivity index (χ1v) is 8.59. The van der Waals surface area contributed by atoms with Crippen molar-refractivity contribution in [1.82, 2.24) is 4.90 Å². The third-order valence-electron chi connectivity index (χ3n) is 4.38. The van der Waals surface area contributed by atoms with Gasteiger partial charge in [0.15, 0.2) is 0 Å². The standard InChI is InChI=1S/C18H26N2S/c21-16-19-11-5-2-6-12-20-13-9-18(10-14-20)15-17-7-3-1-4-8-17/h1,3-4,7-8,18H,2,5-6,9-15H2. The van der Waals surface area contributed by atoms with Crippen LogP contribution in [0.2, 0.25) is 0 Å². The van der Waals surface area contributed by atoms with Crippen LogP contribution in [0.5, 0.6) is 0 Å². The minimum Gasteiger partial charge on any atom is -0.303 e. The van der Waals surface area contributed by atoms with Crippen molar-refractivity contribution in [2.75, 3.05) is 26.2 Å². The molecule has 1 aromatic carbocycles. The van der Waals surface area contributed by atoms with Crippen molar-refractivity contribution in [2.45, 2.75) is 38.5 Å². The van der Waals surface area contributed by atoms with E-state index in [9.17, 15) is 0 Å². The van der Waals surface area contributed by atoms with Crippen LogP contribution < -0.4 is 0 Å². The predicted molar refractivity (Wildman–Crippen MR) is 93.1 cm³/mol. The monoisotopic (exact) mass is 302 g/mol. The van der Waals surface area contributed by atoms with Crippen LogP contribution in [0.25, 0.3) is 0 Å². The SMILES string of the molecule is S=C=NCCCCCN1CCC(Cc2ccccc2)CC1. The largest absolute Gasteiger partial charge is 0.303 e. The maximum atomic E-state index is 4.57. The van der Waals surface area contributed by atoms with Crippen molar-refractivity contribution < 1.29 is 0 Å². The van der Waals surface area contributed by atoms with Crippen LogP contribution in [0.4, 0.5) is 0 Å². The highest BCUT2D eigenvalue weighted by molar-refractivity contribution is 7.78. The number of nitrogens with zero attached hydrogens (tertiary/aromatic N) is 2. The van der Waals surface area contributed by atoms with E-state index < -0.39 is 0 Å². The molecule has 3 heteroatoms. The van der Waals surface area contributed by atoms with Gasteiger partial charge < -0.3 is 4.90 Å². The third kappa shape index (κ3) is 6.52. The van der Waals surface area contributed by atoms with Gasteiger partial charge in [0, 0.05) is 6.54 Å². The molecule has 0 radical (unpaired) electrons. The Morgan fingerprint density at radius 3 is 2.57 bits per heavy atom. The predicted octanol–water partition coefficient (Wildman–Crippen LogP) is 4.21. The summed E-state index contributed by atoms with van der Waals surface area (Å²) in [5.41, 5.74) is 1.50. The fourth-order valence-corrected chi connectivity index (χ4v) is 3.20. The van der Waals surface area contributed by atoms with Crippen LogP contribution in [0.15, 0.2) is 35.3 Å². The molecule has 114 valence electrons. The Bertz CT molecular complexity index is 432. The van der Waals surface area contributed by atoms with Crippen molar-refractivity contribution in [1.29, 1.82) is 0 Å². The lowest BCUT2D eigenvalue weighted by molar-refractivity contribution is 0.181. The molecular formula is C18H26N2S. The molecule has 1 aliphatic rings. The number of likely N-dealkylation sites (tertiary alicyclic amines) is 1. The Balaban J connectivity index is 1.57. The zero-order chi connectivity index (χ0) is 14.8. The first kappa shape index (κ1) is 16.4. The summed E-state index contributed by atoms with van der Waals surface area (Å²) in [6.07, 6.45) is 7.65. The summed E-state index contributed by atoms with van der Waals surface area (Å²) < 4.78 is 0. The number of rotatable bonds is 8. The number of benzene rings is 1. The number of piperidine rings is 1. The van der Waals surface area contributed by atoms with Gasteiger partial charge in [0.1, 0.15) is 0 Å². The second kappa shape index (κ2) is 9.83. The highest BCUT2D eigenvalue weighted by Gasteiger charge is 2.18. The number of hydrogen-bond acceptors (Lipinski definition) is 3. The van der Waals surface area contributed by atoms with Gasteiger partial charge in [-0.1, -0.05) is 36.8 Å². The zero-order valence-corrected chi connectivity index (χ0v) is 13.7. The minimum atomic E-state index is 0.850. The third-order valence-corrected chi connectivity index (χ3v) is 4.51. The summed E-state index contributed by atoms with van der Waals surface area (Å²) in [5, 5.41) is 2.43. The lowest BCUT2D eigenvalue weighted by Crippen LogP contribution is -2.35. The molecule has 1 fully saturated rings. The highest BCUT2D eigenvalue weighted by Crippen LogP contribution is 2.21. The first-order valence-electron chi connectivity index (χ1n) is 8.18. The molecule has 1 aromatic rings. The molecule has 0 N–H and O–H groups in total. The molecule has 0 amide bonds. The summed E-state index contributed by atoms with van der Waals surface area (Å²) in [5.74, 6) is 0.876. The maximum Gasteiger partial charge on any atom is 0.0584 e. The van der Waals surface area contributed by atoms with Crippen LogP contribution in [0.3, 0.4) is 0 Å². The smallest absolute Gasteiger partial charge is 0.0584 e. The van der Waals surface area contributed by atoms with Gasteiger partial charge in [-0.3, -0.25) is 0 Å². The summed E-state index contributed by atoms with van der Waals surface area (Å²) >= 11 is 4.57. The maximum absolute atomic E-state index is 4.57. The van der Waals surface area contributed by atoms with Gasteiger partial charge in [0.25, 0.3) is 0 Å². The van der Waals surface area contributed by atoms with Gasteiger partial charge >= 0.3 is 0 Å². The lowest BCUT2D eigenvalue weighted by atomic mass is 9.90. The van der Waals surface area contributed by atoms with Gasteiger partial charge in [-0.05, 0) is 75.4 Å². The normalized spacial score (nSPS) is 16.6. The lowest BCUT2D eigenvalue weighted by Gasteiger charge is -2.32. The highest BCUT2D eigenvalue weighted by atomic mass is 32.1. The second-order valence-electron chi connectivity index (χ2n) is 6.01. The van der Waals surface area contributed by atoms with E-state index in [-0.39, 0.29) is 0 Å². The molecule has 0 bridgehead atoms. The van der Waals surface area contributed by atoms with E-state index in [0.29, 0.717) is 0 Å². The minimum absolute atomic E-state index is 0.850. The van der Waals surface area contributed by atoms with Gasteiger partial charge in [-0.2, -0.15) is 0 Å². The number of thiocarbonyl (C=S) groups is 1. The molecule has 1 heterocycles. The van der Waals surface area contributed by atoms with E-state index in [4.69, 9.17) is 0 Å². The van der Waals surface area contributed by atoms with Crippen LogP contribution in [0.1, 0.15) is 37.7 Å². The van der Waals surface area contributed by atoms with Gasteiger partial charge in [0.05, 0.1) is 5.16 Å². The van der Waals surface area contributed by atoms with E-state index >= 15 is 0 Å². The molecule has 1 saturated heterocycles. The van der Waals surface area contributed by atoms with E-state index in [1.807, 2.05) is 0 Å². The summed E-state index contributed by atoms with van der Waals surface area (Å²) in [6.45, 7) is 4.65. The van der Waals surface area contributed by atoms with Crippen molar-refractivity contribution in [3.63, 3.8) is 0 Å². The van der Waals surface area contributed by atoms with E-state index in [1.54, 1.807) is 0 Å². The molecule has 0 aliphatic carbocycles.